The van der Waals surface area contributed by atoms with Gasteiger partial charge < -0.3 is 10.1 Å². The second kappa shape index (κ2) is 8.39. The van der Waals surface area contributed by atoms with E-state index in [0.717, 1.165) is 24.0 Å². The summed E-state index contributed by atoms with van der Waals surface area (Å²) >= 11 is 6.02. The topological polar surface area (TPSA) is 84.5 Å². The van der Waals surface area contributed by atoms with Crippen LogP contribution < -0.4 is 10.0 Å². The molecule has 144 valence electrons. The molecule has 0 heterocycles. The van der Waals surface area contributed by atoms with Crippen molar-refractivity contribution in [2.75, 3.05) is 20.3 Å². The van der Waals surface area contributed by atoms with Crippen LogP contribution in [0.2, 0.25) is 5.02 Å². The van der Waals surface area contributed by atoms with Gasteiger partial charge in [0.05, 0.1) is 17.5 Å². The SMILES string of the molecule is COCCNS(=O)(=O)c1cccc(C(=O)NC2CCc3cc(Cl)ccc32)c1. The Morgan fingerprint density at radius 3 is 2.85 bits per heavy atom. The summed E-state index contributed by atoms with van der Waals surface area (Å²) in [6, 6.07) is 11.5. The van der Waals surface area contributed by atoms with Crippen LogP contribution in [0.5, 0.6) is 0 Å². The van der Waals surface area contributed by atoms with Gasteiger partial charge in [-0.05, 0) is 54.3 Å². The average molecular weight is 409 g/mol. The molecule has 0 saturated heterocycles. The Balaban J connectivity index is 1.73. The zero-order chi connectivity index (χ0) is 19.4. The molecule has 0 spiro atoms. The maximum absolute atomic E-state index is 12.6. The second-order valence-corrected chi connectivity index (χ2v) is 8.53. The molecule has 0 aliphatic heterocycles. The smallest absolute Gasteiger partial charge is 0.251 e. The Hall–Kier alpha value is -1.93. The highest BCUT2D eigenvalue weighted by Crippen LogP contribution is 2.33. The van der Waals surface area contributed by atoms with Gasteiger partial charge in [0, 0.05) is 24.2 Å². The van der Waals surface area contributed by atoms with Crippen molar-refractivity contribution in [2.24, 2.45) is 0 Å². The van der Waals surface area contributed by atoms with Crippen molar-refractivity contribution < 1.29 is 17.9 Å². The first-order valence-electron chi connectivity index (χ1n) is 8.58. The van der Waals surface area contributed by atoms with Crippen LogP contribution in [0.4, 0.5) is 0 Å². The number of amides is 1. The molecule has 1 atom stereocenters. The number of hydrogen-bond donors (Lipinski definition) is 2. The van der Waals surface area contributed by atoms with E-state index in [1.165, 1.54) is 19.2 Å². The summed E-state index contributed by atoms with van der Waals surface area (Å²) in [6.45, 7) is 0.432. The number of carbonyl (C=O) groups excluding carboxylic acids is 1. The standard InChI is InChI=1S/C19H21ClN2O4S/c1-26-10-9-21-27(24,25)16-4-2-3-14(12-16)19(23)22-18-8-5-13-11-15(20)6-7-17(13)18/h2-4,6-7,11-12,18,21H,5,8-10H2,1H3,(H,22,23). The Morgan fingerprint density at radius 2 is 2.07 bits per heavy atom. The number of halogens is 1. The minimum atomic E-state index is -3.69. The van der Waals surface area contributed by atoms with Crippen molar-refractivity contribution in [1.82, 2.24) is 10.0 Å². The van der Waals surface area contributed by atoms with Gasteiger partial charge >= 0.3 is 0 Å². The summed E-state index contributed by atoms with van der Waals surface area (Å²) in [5.74, 6) is -0.309. The van der Waals surface area contributed by atoms with Crippen LogP contribution in [0, 0.1) is 0 Å². The predicted molar refractivity (Wildman–Crippen MR) is 103 cm³/mol. The molecule has 1 unspecified atom stereocenters. The minimum absolute atomic E-state index is 0.0462. The molecule has 2 aromatic rings. The molecule has 0 saturated carbocycles. The van der Waals surface area contributed by atoms with Crippen molar-refractivity contribution in [3.05, 3.63) is 64.2 Å². The monoisotopic (exact) mass is 408 g/mol. The number of nitrogens with one attached hydrogen (secondary N) is 2. The summed E-state index contributed by atoms with van der Waals surface area (Å²) in [5.41, 5.74) is 2.48. The molecule has 8 heteroatoms. The summed E-state index contributed by atoms with van der Waals surface area (Å²) in [6.07, 6.45) is 1.64. The number of hydrogen-bond acceptors (Lipinski definition) is 4. The average Bonchev–Trinajstić information content (AvgIpc) is 3.03. The van der Waals surface area contributed by atoms with E-state index in [1.807, 2.05) is 18.2 Å². The molecular weight excluding hydrogens is 388 g/mol. The highest BCUT2D eigenvalue weighted by atomic mass is 35.5. The fourth-order valence-corrected chi connectivity index (χ4v) is 4.40. The fraction of sp³-hybridized carbons (Fsp3) is 0.316. The van der Waals surface area contributed by atoms with E-state index >= 15 is 0 Å². The first kappa shape index (κ1) is 19.8. The highest BCUT2D eigenvalue weighted by Gasteiger charge is 2.25. The van der Waals surface area contributed by atoms with Gasteiger partial charge in [0.1, 0.15) is 0 Å². The minimum Gasteiger partial charge on any atom is -0.383 e. The Labute approximate surface area is 163 Å². The van der Waals surface area contributed by atoms with E-state index in [-0.39, 0.29) is 30.0 Å². The van der Waals surface area contributed by atoms with Crippen molar-refractivity contribution >= 4 is 27.5 Å². The highest BCUT2D eigenvalue weighted by molar-refractivity contribution is 7.89. The van der Waals surface area contributed by atoms with Gasteiger partial charge in [0.15, 0.2) is 0 Å². The van der Waals surface area contributed by atoms with Crippen LogP contribution in [0.3, 0.4) is 0 Å². The number of sulfonamides is 1. The van der Waals surface area contributed by atoms with Crippen molar-refractivity contribution in [2.45, 2.75) is 23.8 Å². The Bertz CT molecular complexity index is 946. The predicted octanol–water partition coefficient (Wildman–Crippen LogP) is 2.68. The van der Waals surface area contributed by atoms with E-state index in [4.69, 9.17) is 16.3 Å². The van der Waals surface area contributed by atoms with Crippen molar-refractivity contribution in [3.63, 3.8) is 0 Å². The van der Waals surface area contributed by atoms with Crippen LogP contribution in [-0.4, -0.2) is 34.6 Å². The third kappa shape index (κ3) is 4.68. The van der Waals surface area contributed by atoms with Gasteiger partial charge in [0.25, 0.3) is 5.91 Å². The molecule has 1 aliphatic rings. The van der Waals surface area contributed by atoms with Crippen molar-refractivity contribution in [1.29, 1.82) is 0 Å². The number of ether oxygens (including phenoxy) is 1. The molecule has 0 bridgehead atoms. The molecule has 2 N–H and O–H groups in total. The number of carbonyl (C=O) groups is 1. The van der Waals surface area contributed by atoms with E-state index in [2.05, 4.69) is 10.0 Å². The molecular formula is C19H21ClN2O4S. The third-order valence-electron chi connectivity index (χ3n) is 4.49. The summed E-state index contributed by atoms with van der Waals surface area (Å²) in [4.78, 5) is 12.7. The van der Waals surface area contributed by atoms with Gasteiger partial charge in [-0.1, -0.05) is 23.7 Å². The maximum Gasteiger partial charge on any atom is 0.251 e. The van der Waals surface area contributed by atoms with Crippen LogP contribution in [-0.2, 0) is 21.2 Å². The lowest BCUT2D eigenvalue weighted by Crippen LogP contribution is -2.29. The number of methoxy groups -OCH3 is 1. The molecule has 2 aromatic carbocycles. The second-order valence-electron chi connectivity index (χ2n) is 6.33. The number of benzene rings is 2. The van der Waals surface area contributed by atoms with Gasteiger partial charge in [-0.15, -0.1) is 0 Å². The normalized spacial score (nSPS) is 16.1. The Morgan fingerprint density at radius 1 is 1.26 bits per heavy atom. The van der Waals surface area contributed by atoms with Gasteiger partial charge in [-0.2, -0.15) is 0 Å². The molecule has 1 amide bonds. The van der Waals surface area contributed by atoms with E-state index in [9.17, 15) is 13.2 Å². The molecule has 27 heavy (non-hydrogen) atoms. The Kier molecular flexibility index (Phi) is 6.16. The molecule has 0 aromatic heterocycles. The first-order chi connectivity index (χ1) is 12.9. The molecule has 1 aliphatic carbocycles. The summed E-state index contributed by atoms with van der Waals surface area (Å²) in [5, 5.41) is 3.66. The lowest BCUT2D eigenvalue weighted by atomic mass is 10.1. The van der Waals surface area contributed by atoms with Gasteiger partial charge in [0.2, 0.25) is 10.0 Å². The van der Waals surface area contributed by atoms with Crippen LogP contribution in [0.15, 0.2) is 47.4 Å². The van der Waals surface area contributed by atoms with E-state index in [0.29, 0.717) is 10.6 Å². The van der Waals surface area contributed by atoms with Crippen LogP contribution in [0.25, 0.3) is 0 Å². The lowest BCUT2D eigenvalue weighted by Gasteiger charge is -2.15. The van der Waals surface area contributed by atoms with E-state index < -0.39 is 10.0 Å². The van der Waals surface area contributed by atoms with Crippen molar-refractivity contribution in [3.8, 4) is 0 Å². The first-order valence-corrected chi connectivity index (χ1v) is 10.4. The number of fused-ring (bicyclic) bond motifs is 1. The molecule has 3 rings (SSSR count). The van der Waals surface area contributed by atoms with E-state index in [1.54, 1.807) is 12.1 Å². The number of rotatable bonds is 7. The van der Waals surface area contributed by atoms with Crippen LogP contribution in [0.1, 0.15) is 33.9 Å². The molecule has 0 radical (unpaired) electrons. The maximum atomic E-state index is 12.6. The molecule has 0 fully saturated rings. The largest absolute Gasteiger partial charge is 0.383 e. The van der Waals surface area contributed by atoms with Gasteiger partial charge in [-0.3, -0.25) is 4.79 Å². The summed E-state index contributed by atoms with van der Waals surface area (Å²) in [7, 11) is -2.20. The number of aryl methyl sites for hydroxylation is 1. The fourth-order valence-electron chi connectivity index (χ4n) is 3.14. The zero-order valence-corrected chi connectivity index (χ0v) is 16.4. The summed E-state index contributed by atoms with van der Waals surface area (Å²) < 4.78 is 31.9. The van der Waals surface area contributed by atoms with Crippen LogP contribution >= 0.6 is 11.6 Å². The zero-order valence-electron chi connectivity index (χ0n) is 14.9. The lowest BCUT2D eigenvalue weighted by molar-refractivity contribution is 0.0936. The van der Waals surface area contributed by atoms with Gasteiger partial charge in [-0.25, -0.2) is 13.1 Å². The third-order valence-corrected chi connectivity index (χ3v) is 6.19. The quantitative estimate of drug-likeness (QED) is 0.690. The molecule has 6 nitrogen and oxygen atoms in total.